The van der Waals surface area contributed by atoms with Crippen molar-refractivity contribution in [3.8, 4) is 0 Å². The molecule has 311 valence electrons. The number of rotatable bonds is 2. The smallest absolute Gasteiger partial charge is 0 e. The van der Waals surface area contributed by atoms with Crippen molar-refractivity contribution >= 4 is 316 Å². The van der Waals surface area contributed by atoms with Gasteiger partial charge in [-0.1, -0.05) is 81.7 Å². The largest absolute Gasteiger partial charge is 0 e. The Labute approximate surface area is 505 Å². The summed E-state index contributed by atoms with van der Waals surface area (Å²) in [5, 5.41) is 0. The first-order chi connectivity index (χ1) is 14.4. The molecule has 4 nitrogen and oxygen atoms in total. The van der Waals surface area contributed by atoms with Gasteiger partial charge in [0.1, 0.15) is 0 Å². The monoisotopic (exact) mass is 2920 g/mol. The molecule has 0 saturated heterocycles. The molecule has 0 aliphatic heterocycles. The van der Waals surface area contributed by atoms with Crippen LogP contribution >= 0.6 is 265 Å². The van der Waals surface area contributed by atoms with Gasteiger partial charge in [-0.25, -0.2) is 0 Å². The van der Waals surface area contributed by atoms with Crippen molar-refractivity contribution in [1.29, 1.82) is 0 Å². The molecule has 0 bridgehead atoms. The molecule has 0 unspecified atom stereocenters. The van der Waals surface area contributed by atoms with Crippen molar-refractivity contribution in [3.63, 3.8) is 0 Å². The fourth-order valence-electron chi connectivity index (χ4n) is 0. The van der Waals surface area contributed by atoms with Gasteiger partial charge in [0.05, 0.1) is 0 Å². The van der Waals surface area contributed by atoms with Gasteiger partial charge in [-0.15, -0.1) is 0 Å². The summed E-state index contributed by atoms with van der Waals surface area (Å²) in [5.41, 5.74) is 0. The molecule has 7 radical (unpaired) electrons. The molecule has 47 heavy (non-hydrogen) atoms. The third-order valence-corrected chi connectivity index (χ3v) is 165. The van der Waals surface area contributed by atoms with E-state index in [-0.39, 0.29) is 176 Å². The molecule has 0 aromatic rings. The van der Waals surface area contributed by atoms with Crippen molar-refractivity contribution in [1.82, 2.24) is 0 Å². The van der Waals surface area contributed by atoms with E-state index >= 15 is 0 Å². The molecule has 0 N–H and O–H groups in total. The fourth-order valence-corrected chi connectivity index (χ4v) is 0. The summed E-state index contributed by atoms with van der Waals surface area (Å²) >= 11 is 38.1. The SMILES string of the molecule is C.C.C.C.C.C.C.C.C.C.C.F.F.I[I-]I.I[I-]I.I[I-]I(I)I.I[I-]I(I)I.S.S.[B]=O.[B]=O.[B]=O.[B]=O.[B]=S.[B]=S.[B]=S.[W].[W]. The quantitative estimate of drug-likeness (QED) is 0.286. The maximum absolute atomic E-state index is 7.75. The second-order valence-electron chi connectivity index (χ2n) is 0.540. The average molecular weight is 2920 g/mol. The molecule has 0 amide bonds. The molecular weight excluding hydrogens is 2870 g/mol. The van der Waals surface area contributed by atoms with Crippen molar-refractivity contribution in [2.75, 3.05) is 0 Å². The average Bonchev–Trinajstić information content (AvgIpc) is 2.84. The van der Waals surface area contributed by atoms with Crippen LogP contribution in [0.3, 0.4) is 0 Å². The molecule has 36 heteroatoms. The maximum atomic E-state index is 7.75. The predicted octanol–water partition coefficient (Wildman–Crippen LogP) is 4.97. The molecule has 0 saturated carbocycles. The van der Waals surface area contributed by atoms with Gasteiger partial charge >= 0.3 is 361 Å². The maximum Gasteiger partial charge on any atom is 0 e. The Kier molecular flexibility index (Phi) is 1560. The summed E-state index contributed by atoms with van der Waals surface area (Å²) in [6.45, 7) is 12.2. The van der Waals surface area contributed by atoms with E-state index in [0.29, 0.717) is 53.0 Å². The predicted molar refractivity (Wildman–Crippen MR) is 334 cm³/mol. The second kappa shape index (κ2) is 363. The second-order valence-corrected chi connectivity index (χ2v) is 163. The van der Waals surface area contributed by atoms with Gasteiger partial charge in [-0.2, -0.15) is 27.0 Å². The van der Waals surface area contributed by atoms with Crippen LogP contribution in [0.4, 0.5) is 9.41 Å². The van der Waals surface area contributed by atoms with Crippen LogP contribution in [-0.2, 0) is 60.9 Å². The third kappa shape index (κ3) is 626. The van der Waals surface area contributed by atoms with Gasteiger partial charge in [0.25, 0.3) is 0 Å². The molecule has 0 aliphatic rings. The standard InChI is InChI=1S/11CH4.4BO.3BS.2FH.2I5.2I3.2H2S.2W/c;;;;;;;;;;;7*1-2;;;2*1-4-5(2)3;2*1-3-2;;;;/h11*1H4;;;;;;;;2*1H;;;;;2*1H2;;/q;;;;;;;;;;;;;;;;;;;;4*-1;;;;. The molecule has 0 aromatic heterocycles. The Morgan fingerprint density at radius 3 is 0.383 bits per heavy atom. The molecule has 0 aliphatic carbocycles. The Hall–Kier alpha value is 13.9. The third-order valence-electron chi connectivity index (χ3n) is 0.0816. The Balaban J connectivity index is -0.00000000319. The van der Waals surface area contributed by atoms with Crippen molar-refractivity contribution in [2.24, 2.45) is 0 Å². The first-order valence-corrected chi connectivity index (χ1v) is 80.2. The molecular formula is C11H50B7F2I16O4S5W2-4. The van der Waals surface area contributed by atoms with E-state index in [0.717, 1.165) is 0 Å². The summed E-state index contributed by atoms with van der Waals surface area (Å²) in [6.07, 6.45) is 0. The van der Waals surface area contributed by atoms with Crippen LogP contribution in [0.1, 0.15) is 81.7 Å². The summed E-state index contributed by atoms with van der Waals surface area (Å²) in [7, 11) is 12.5. The molecule has 0 spiro atoms. The number of hydrogen-bond acceptors (Lipinski definition) is 7. The van der Waals surface area contributed by atoms with Crippen LogP contribution < -0.4 is 53.0 Å². The minimum atomic E-state index is -0.245. The van der Waals surface area contributed by atoms with Gasteiger partial charge < -0.3 is 0 Å². The topological polar surface area (TPSA) is 68.3 Å². The van der Waals surface area contributed by atoms with Crippen LogP contribution in [0.2, 0.25) is 0 Å². The number of halogens is 18. The molecule has 0 atom stereocenters. The van der Waals surface area contributed by atoms with Gasteiger partial charge in [0, 0.05) is 42.1 Å². The van der Waals surface area contributed by atoms with Gasteiger partial charge in [-0.3, -0.25) is 9.41 Å². The van der Waals surface area contributed by atoms with Crippen molar-refractivity contribution < 1.29 is 123 Å². The van der Waals surface area contributed by atoms with Crippen molar-refractivity contribution in [3.05, 3.63) is 0 Å². The van der Waals surface area contributed by atoms with Crippen LogP contribution in [0, 0.1) is 0 Å². The Bertz CT molecular complexity index is 221. The normalized spacial score (nSPS) is 3.98. The summed E-state index contributed by atoms with van der Waals surface area (Å²) in [6, 6.07) is 0. The van der Waals surface area contributed by atoms with Crippen LogP contribution in [0.5, 0.6) is 0 Å². The minimum absolute atomic E-state index is 0. The van der Waals surface area contributed by atoms with Gasteiger partial charge in [0.15, 0.2) is 0 Å². The minimum Gasteiger partial charge on any atom is 0 e. The first kappa shape index (κ1) is 202. The molecule has 0 aromatic carbocycles. The zero-order valence-electron chi connectivity index (χ0n) is 15.6. The first-order valence-electron chi connectivity index (χ1n) is 3.36. The van der Waals surface area contributed by atoms with E-state index in [1.165, 1.54) is 0 Å². The van der Waals surface area contributed by atoms with Crippen LogP contribution in [0.15, 0.2) is 0 Å². The molecule has 0 fully saturated rings. The molecule has 0 rings (SSSR count). The van der Waals surface area contributed by atoms with Crippen LogP contribution in [0.25, 0.3) is 0 Å². The van der Waals surface area contributed by atoms with E-state index in [2.05, 4.69) is 273 Å². The van der Waals surface area contributed by atoms with E-state index in [1.54, 1.807) is 0 Å². The van der Waals surface area contributed by atoms with E-state index in [4.69, 9.17) is 18.8 Å². The summed E-state index contributed by atoms with van der Waals surface area (Å²) in [5.74, 6) is 0. The number of hydrogen-bond donors (Lipinski definition) is 0. The Morgan fingerprint density at radius 2 is 0.383 bits per heavy atom. The zero-order valence-corrected chi connectivity index (χ0v) is 60.4. The summed E-state index contributed by atoms with van der Waals surface area (Å²) < 4.78 is 31.0. The van der Waals surface area contributed by atoms with Gasteiger partial charge in [-0.05, 0) is 0 Å². The zero-order chi connectivity index (χ0) is 28.0. The van der Waals surface area contributed by atoms with Crippen molar-refractivity contribution in [2.45, 2.75) is 81.7 Å². The van der Waals surface area contributed by atoms with E-state index in [9.17, 15) is 0 Å². The van der Waals surface area contributed by atoms with Gasteiger partial charge in [0.2, 0.25) is 0 Å². The van der Waals surface area contributed by atoms with Crippen LogP contribution in [-0.4, -0.2) is 51.0 Å². The summed E-state index contributed by atoms with van der Waals surface area (Å²) in [4.78, 5) is 0. The molecule has 0 heterocycles. The van der Waals surface area contributed by atoms with E-state index in [1.807, 2.05) is 0 Å². The fraction of sp³-hybridized carbons (Fsp3) is 1.00. The Morgan fingerprint density at radius 1 is 0.362 bits per heavy atom. The van der Waals surface area contributed by atoms with E-state index < -0.39 is 0 Å².